The number of aliphatic carboxylic acids is 1. The number of rotatable bonds is 3. The van der Waals surface area contributed by atoms with E-state index in [-0.39, 0.29) is 30.2 Å². The molecule has 1 aliphatic heterocycles. The zero-order chi connectivity index (χ0) is 14.3. The van der Waals surface area contributed by atoms with Gasteiger partial charge in [0.1, 0.15) is 6.54 Å². The molecule has 0 spiro atoms. The van der Waals surface area contributed by atoms with Crippen LogP contribution in [-0.2, 0) is 20.9 Å². The van der Waals surface area contributed by atoms with E-state index >= 15 is 0 Å². The minimum atomic E-state index is -1.03. The standard InChI is InChI=1S/C13H13N3O4/c17-11(18)7-15-6-8(5-14-15)16-12(19)9-3-1-2-4-10(9)13(16)20/h1-2,5-6,9-10H,3-4,7H2,(H,17,18). The molecule has 1 fully saturated rings. The number of allylic oxidation sites excluding steroid dienone is 2. The number of carbonyl (C=O) groups excluding carboxylic acids is 2. The average Bonchev–Trinajstić information content (AvgIpc) is 2.94. The fourth-order valence-electron chi connectivity index (χ4n) is 2.75. The molecule has 1 aromatic heterocycles. The Labute approximate surface area is 114 Å². The quantitative estimate of drug-likeness (QED) is 0.637. The first-order valence-electron chi connectivity index (χ1n) is 6.35. The van der Waals surface area contributed by atoms with Crippen molar-refractivity contribution < 1.29 is 19.5 Å². The molecular formula is C13H13N3O4. The fourth-order valence-corrected chi connectivity index (χ4v) is 2.75. The molecule has 7 nitrogen and oxygen atoms in total. The van der Waals surface area contributed by atoms with Crippen molar-refractivity contribution in [3.63, 3.8) is 0 Å². The van der Waals surface area contributed by atoms with E-state index in [1.54, 1.807) is 0 Å². The highest BCUT2D eigenvalue weighted by atomic mass is 16.4. The second-order valence-corrected chi connectivity index (χ2v) is 4.96. The molecule has 1 aliphatic carbocycles. The topological polar surface area (TPSA) is 92.5 Å². The molecule has 3 rings (SSSR count). The maximum absolute atomic E-state index is 12.3. The van der Waals surface area contributed by atoms with E-state index in [4.69, 9.17) is 5.11 Å². The number of amides is 2. The van der Waals surface area contributed by atoms with Gasteiger partial charge in [-0.15, -0.1) is 0 Å². The molecular weight excluding hydrogens is 262 g/mol. The van der Waals surface area contributed by atoms with Gasteiger partial charge in [-0.3, -0.25) is 19.1 Å². The Morgan fingerprint density at radius 3 is 2.40 bits per heavy atom. The SMILES string of the molecule is O=C(O)Cn1cc(N2C(=O)C3CC=CCC3C2=O)cn1. The van der Waals surface area contributed by atoms with Crippen molar-refractivity contribution in [3.8, 4) is 0 Å². The van der Waals surface area contributed by atoms with E-state index < -0.39 is 5.97 Å². The Bertz CT molecular complexity index is 593. The third-order valence-electron chi connectivity index (χ3n) is 3.68. The van der Waals surface area contributed by atoms with E-state index in [9.17, 15) is 14.4 Å². The molecule has 2 atom stereocenters. The molecule has 20 heavy (non-hydrogen) atoms. The van der Waals surface area contributed by atoms with Gasteiger partial charge in [0.25, 0.3) is 0 Å². The van der Waals surface area contributed by atoms with Crippen LogP contribution in [0.1, 0.15) is 12.8 Å². The average molecular weight is 275 g/mol. The molecule has 7 heteroatoms. The molecule has 2 amide bonds. The number of carboxylic acids is 1. The first-order valence-corrected chi connectivity index (χ1v) is 6.35. The van der Waals surface area contributed by atoms with Gasteiger partial charge in [0.2, 0.25) is 11.8 Å². The minimum Gasteiger partial charge on any atom is -0.480 e. The highest BCUT2D eigenvalue weighted by molar-refractivity contribution is 6.22. The lowest BCUT2D eigenvalue weighted by Crippen LogP contribution is -2.30. The zero-order valence-electron chi connectivity index (χ0n) is 10.6. The van der Waals surface area contributed by atoms with Gasteiger partial charge in [-0.05, 0) is 12.8 Å². The van der Waals surface area contributed by atoms with E-state index in [0.29, 0.717) is 18.5 Å². The monoisotopic (exact) mass is 275 g/mol. The minimum absolute atomic E-state index is 0.223. The van der Waals surface area contributed by atoms with Crippen LogP contribution in [0.25, 0.3) is 0 Å². The number of anilines is 1. The van der Waals surface area contributed by atoms with Crippen molar-refractivity contribution in [2.75, 3.05) is 4.90 Å². The first kappa shape index (κ1) is 12.6. The van der Waals surface area contributed by atoms with Crippen LogP contribution in [0.4, 0.5) is 5.69 Å². The van der Waals surface area contributed by atoms with Crippen molar-refractivity contribution in [2.45, 2.75) is 19.4 Å². The second-order valence-electron chi connectivity index (χ2n) is 4.96. The molecule has 0 saturated carbocycles. The highest BCUT2D eigenvalue weighted by Crippen LogP contribution is 2.37. The van der Waals surface area contributed by atoms with Gasteiger partial charge in [-0.25, -0.2) is 4.90 Å². The highest BCUT2D eigenvalue weighted by Gasteiger charge is 2.48. The van der Waals surface area contributed by atoms with Gasteiger partial charge in [-0.2, -0.15) is 5.10 Å². The van der Waals surface area contributed by atoms with E-state index in [1.807, 2.05) is 12.2 Å². The molecule has 1 N–H and O–H groups in total. The second kappa shape index (κ2) is 4.59. The lowest BCUT2D eigenvalue weighted by Gasteiger charge is -2.14. The summed E-state index contributed by atoms with van der Waals surface area (Å²) in [5.41, 5.74) is 0.343. The van der Waals surface area contributed by atoms with Gasteiger partial charge in [0.05, 0.1) is 23.7 Å². The van der Waals surface area contributed by atoms with Crippen LogP contribution in [0, 0.1) is 11.8 Å². The summed E-state index contributed by atoms with van der Waals surface area (Å²) in [6.45, 7) is -0.301. The molecule has 1 aromatic rings. The number of fused-ring (bicyclic) bond motifs is 1. The number of aromatic nitrogens is 2. The summed E-state index contributed by atoms with van der Waals surface area (Å²) < 4.78 is 1.19. The molecule has 0 aromatic carbocycles. The molecule has 2 aliphatic rings. The van der Waals surface area contributed by atoms with Crippen LogP contribution in [0.3, 0.4) is 0 Å². The fraction of sp³-hybridized carbons (Fsp3) is 0.385. The molecule has 2 heterocycles. The number of carbonyl (C=O) groups is 3. The molecule has 0 bridgehead atoms. The Morgan fingerprint density at radius 1 is 1.25 bits per heavy atom. The summed E-state index contributed by atoms with van der Waals surface area (Å²) in [4.78, 5) is 36.3. The molecule has 0 radical (unpaired) electrons. The number of carboxylic acid groups (broad SMARTS) is 1. The summed E-state index contributed by atoms with van der Waals surface area (Å²) >= 11 is 0. The van der Waals surface area contributed by atoms with Crippen LogP contribution in [-0.4, -0.2) is 32.7 Å². The van der Waals surface area contributed by atoms with Crippen LogP contribution < -0.4 is 4.90 Å². The van der Waals surface area contributed by atoms with Crippen molar-refractivity contribution in [2.24, 2.45) is 11.8 Å². The van der Waals surface area contributed by atoms with E-state index in [2.05, 4.69) is 5.10 Å². The zero-order valence-corrected chi connectivity index (χ0v) is 10.6. The van der Waals surface area contributed by atoms with Crippen molar-refractivity contribution >= 4 is 23.5 Å². The molecule has 2 unspecified atom stereocenters. The van der Waals surface area contributed by atoms with E-state index in [1.165, 1.54) is 17.1 Å². The Kier molecular flexibility index (Phi) is 2.89. The number of hydrogen-bond donors (Lipinski definition) is 1. The summed E-state index contributed by atoms with van der Waals surface area (Å²) in [5, 5.41) is 12.6. The van der Waals surface area contributed by atoms with E-state index in [0.717, 1.165) is 4.90 Å². The van der Waals surface area contributed by atoms with Crippen LogP contribution >= 0.6 is 0 Å². The molecule has 1 saturated heterocycles. The van der Waals surface area contributed by atoms with Gasteiger partial charge in [-0.1, -0.05) is 12.2 Å². The van der Waals surface area contributed by atoms with Gasteiger partial charge in [0, 0.05) is 6.20 Å². The summed E-state index contributed by atoms with van der Waals surface area (Å²) in [6.07, 6.45) is 7.76. The third kappa shape index (κ3) is 1.91. The summed E-state index contributed by atoms with van der Waals surface area (Å²) in [5.74, 6) is -2.07. The first-order chi connectivity index (χ1) is 9.58. The van der Waals surface area contributed by atoms with Crippen molar-refractivity contribution in [3.05, 3.63) is 24.5 Å². The lowest BCUT2D eigenvalue weighted by molar-refractivity contribution is -0.138. The van der Waals surface area contributed by atoms with Gasteiger partial charge < -0.3 is 5.11 Å². The predicted octanol–water partition coefficient (Wildman–Crippen LogP) is 0.423. The smallest absolute Gasteiger partial charge is 0.325 e. The Balaban J connectivity index is 1.87. The number of hydrogen-bond acceptors (Lipinski definition) is 4. The van der Waals surface area contributed by atoms with Crippen LogP contribution in [0.5, 0.6) is 0 Å². The summed E-state index contributed by atoms with van der Waals surface area (Å²) in [7, 11) is 0. The summed E-state index contributed by atoms with van der Waals surface area (Å²) in [6, 6.07) is 0. The third-order valence-corrected chi connectivity index (χ3v) is 3.68. The van der Waals surface area contributed by atoms with Crippen molar-refractivity contribution in [1.29, 1.82) is 0 Å². The largest absolute Gasteiger partial charge is 0.480 e. The molecule has 104 valence electrons. The van der Waals surface area contributed by atoms with Gasteiger partial charge in [0.15, 0.2) is 0 Å². The maximum Gasteiger partial charge on any atom is 0.325 e. The van der Waals surface area contributed by atoms with Crippen LogP contribution in [0.15, 0.2) is 24.5 Å². The lowest BCUT2D eigenvalue weighted by atomic mass is 9.85. The Morgan fingerprint density at radius 2 is 1.85 bits per heavy atom. The number of nitrogens with zero attached hydrogens (tertiary/aromatic N) is 3. The maximum atomic E-state index is 12.3. The van der Waals surface area contributed by atoms with Gasteiger partial charge >= 0.3 is 5.97 Å². The Hall–Kier alpha value is -2.44. The predicted molar refractivity (Wildman–Crippen MR) is 67.7 cm³/mol. The normalized spacial score (nSPS) is 25.1. The number of imide groups is 1. The van der Waals surface area contributed by atoms with Crippen LogP contribution in [0.2, 0.25) is 0 Å². The van der Waals surface area contributed by atoms with Crippen molar-refractivity contribution in [1.82, 2.24) is 9.78 Å².